The molecule has 4 nitrogen and oxygen atoms in total. The number of H-pyrrole nitrogens is 1. The van der Waals surface area contributed by atoms with E-state index in [1.54, 1.807) is 0 Å². The number of nitrogens with one attached hydrogen (secondary N) is 2. The summed E-state index contributed by atoms with van der Waals surface area (Å²) < 4.78 is 1.89. The summed E-state index contributed by atoms with van der Waals surface area (Å²) in [5.74, 6) is 0. The summed E-state index contributed by atoms with van der Waals surface area (Å²) in [6.07, 6.45) is 2.26. The van der Waals surface area contributed by atoms with Crippen LogP contribution in [0.5, 0.6) is 0 Å². The molecule has 1 aliphatic rings. The van der Waals surface area contributed by atoms with Crippen molar-refractivity contribution in [1.29, 1.82) is 0 Å². The SMILES string of the molecule is Cc1[nH]c(=O)n(C2CCCNC2)c1C. The molecule has 2 rings (SSSR count). The van der Waals surface area contributed by atoms with Crippen LogP contribution in [0.15, 0.2) is 4.79 Å². The van der Waals surface area contributed by atoms with Gasteiger partial charge in [0, 0.05) is 17.9 Å². The van der Waals surface area contributed by atoms with E-state index in [1.165, 1.54) is 0 Å². The Bertz CT molecular complexity index is 371. The van der Waals surface area contributed by atoms with Gasteiger partial charge in [0.25, 0.3) is 0 Å². The average molecular weight is 195 g/mol. The molecule has 1 fully saturated rings. The Morgan fingerprint density at radius 1 is 1.43 bits per heavy atom. The molecule has 0 radical (unpaired) electrons. The van der Waals surface area contributed by atoms with E-state index in [9.17, 15) is 4.79 Å². The molecule has 0 spiro atoms. The molecule has 1 aromatic heterocycles. The van der Waals surface area contributed by atoms with Crippen molar-refractivity contribution in [1.82, 2.24) is 14.9 Å². The molecule has 0 aromatic carbocycles. The predicted octanol–water partition coefficient (Wildman–Crippen LogP) is 0.718. The molecule has 2 N–H and O–H groups in total. The summed E-state index contributed by atoms with van der Waals surface area (Å²) in [7, 11) is 0. The van der Waals surface area contributed by atoms with E-state index in [4.69, 9.17) is 0 Å². The van der Waals surface area contributed by atoms with Gasteiger partial charge in [-0.25, -0.2) is 4.79 Å². The number of imidazole rings is 1. The van der Waals surface area contributed by atoms with E-state index in [0.717, 1.165) is 37.3 Å². The normalized spacial score (nSPS) is 22.6. The Morgan fingerprint density at radius 2 is 2.21 bits per heavy atom. The lowest BCUT2D eigenvalue weighted by Gasteiger charge is -2.24. The van der Waals surface area contributed by atoms with E-state index in [0.29, 0.717) is 6.04 Å². The number of nitrogens with zero attached hydrogens (tertiary/aromatic N) is 1. The number of hydrogen-bond donors (Lipinski definition) is 2. The number of piperidine rings is 1. The molecule has 0 amide bonds. The Labute approximate surface area is 83.3 Å². The van der Waals surface area contributed by atoms with Gasteiger partial charge in [-0.1, -0.05) is 0 Å². The highest BCUT2D eigenvalue weighted by Crippen LogP contribution is 2.17. The van der Waals surface area contributed by atoms with Crippen LogP contribution in [0.4, 0.5) is 0 Å². The monoisotopic (exact) mass is 195 g/mol. The first-order chi connectivity index (χ1) is 6.70. The van der Waals surface area contributed by atoms with Crippen LogP contribution >= 0.6 is 0 Å². The number of rotatable bonds is 1. The summed E-state index contributed by atoms with van der Waals surface area (Å²) in [5.41, 5.74) is 2.10. The Hall–Kier alpha value is -1.03. The van der Waals surface area contributed by atoms with E-state index < -0.39 is 0 Å². The third-order valence-electron chi connectivity index (χ3n) is 3.05. The molecular formula is C10H17N3O. The lowest BCUT2D eigenvalue weighted by molar-refractivity contribution is 0.360. The van der Waals surface area contributed by atoms with Crippen LogP contribution in [-0.2, 0) is 0 Å². The zero-order chi connectivity index (χ0) is 10.1. The van der Waals surface area contributed by atoms with Crippen molar-refractivity contribution in [3.63, 3.8) is 0 Å². The molecule has 2 heterocycles. The molecule has 1 unspecified atom stereocenters. The summed E-state index contributed by atoms with van der Waals surface area (Å²) in [5, 5.41) is 3.32. The van der Waals surface area contributed by atoms with Crippen molar-refractivity contribution < 1.29 is 0 Å². The van der Waals surface area contributed by atoms with Crippen molar-refractivity contribution in [2.24, 2.45) is 0 Å². The number of aryl methyl sites for hydroxylation is 1. The molecule has 4 heteroatoms. The summed E-state index contributed by atoms with van der Waals surface area (Å²) in [6, 6.07) is 0.334. The molecular weight excluding hydrogens is 178 g/mol. The fraction of sp³-hybridized carbons (Fsp3) is 0.700. The Kier molecular flexibility index (Phi) is 2.46. The maximum absolute atomic E-state index is 11.6. The van der Waals surface area contributed by atoms with Crippen LogP contribution in [0, 0.1) is 13.8 Å². The molecule has 1 aliphatic heterocycles. The first-order valence-corrected chi connectivity index (χ1v) is 5.18. The number of aromatic amines is 1. The largest absolute Gasteiger partial charge is 0.326 e. The van der Waals surface area contributed by atoms with Crippen molar-refractivity contribution in [2.75, 3.05) is 13.1 Å². The molecule has 78 valence electrons. The highest BCUT2D eigenvalue weighted by molar-refractivity contribution is 5.10. The summed E-state index contributed by atoms with van der Waals surface area (Å²) in [6.45, 7) is 5.94. The fourth-order valence-corrected chi connectivity index (χ4v) is 2.14. The van der Waals surface area contributed by atoms with E-state index in [2.05, 4.69) is 10.3 Å². The lowest BCUT2D eigenvalue weighted by Crippen LogP contribution is -2.36. The Balaban J connectivity index is 2.34. The highest BCUT2D eigenvalue weighted by atomic mass is 16.1. The van der Waals surface area contributed by atoms with Gasteiger partial charge in [0.2, 0.25) is 0 Å². The number of hydrogen-bond acceptors (Lipinski definition) is 2. The zero-order valence-corrected chi connectivity index (χ0v) is 8.76. The van der Waals surface area contributed by atoms with Crippen LogP contribution in [0.3, 0.4) is 0 Å². The molecule has 14 heavy (non-hydrogen) atoms. The minimum absolute atomic E-state index is 0.0358. The maximum Gasteiger partial charge on any atom is 0.326 e. The highest BCUT2D eigenvalue weighted by Gasteiger charge is 2.19. The summed E-state index contributed by atoms with van der Waals surface area (Å²) in [4.78, 5) is 14.5. The van der Waals surface area contributed by atoms with Gasteiger partial charge in [0.05, 0.1) is 6.04 Å². The van der Waals surface area contributed by atoms with Crippen LogP contribution in [0.25, 0.3) is 0 Å². The minimum atomic E-state index is 0.0358. The third kappa shape index (κ3) is 1.50. The second-order valence-electron chi connectivity index (χ2n) is 4.01. The zero-order valence-electron chi connectivity index (χ0n) is 8.76. The molecule has 0 aliphatic carbocycles. The number of aromatic nitrogens is 2. The van der Waals surface area contributed by atoms with Crippen LogP contribution in [-0.4, -0.2) is 22.6 Å². The summed E-state index contributed by atoms with van der Waals surface area (Å²) >= 11 is 0. The van der Waals surface area contributed by atoms with E-state index in [1.807, 2.05) is 18.4 Å². The molecule has 0 bridgehead atoms. The molecule has 0 saturated carbocycles. The molecule has 1 atom stereocenters. The van der Waals surface area contributed by atoms with Gasteiger partial charge in [-0.15, -0.1) is 0 Å². The van der Waals surface area contributed by atoms with Gasteiger partial charge >= 0.3 is 5.69 Å². The maximum atomic E-state index is 11.6. The van der Waals surface area contributed by atoms with Gasteiger partial charge in [-0.3, -0.25) is 4.57 Å². The van der Waals surface area contributed by atoms with Crippen molar-refractivity contribution in [3.8, 4) is 0 Å². The van der Waals surface area contributed by atoms with Gasteiger partial charge in [-0.05, 0) is 33.2 Å². The quantitative estimate of drug-likeness (QED) is 0.693. The smallest absolute Gasteiger partial charge is 0.315 e. The van der Waals surface area contributed by atoms with Gasteiger partial charge < -0.3 is 10.3 Å². The standard InChI is InChI=1S/C10H17N3O/c1-7-8(2)13(10(14)12-7)9-4-3-5-11-6-9/h9,11H,3-6H2,1-2H3,(H,12,14). The second kappa shape index (κ2) is 3.61. The van der Waals surface area contributed by atoms with Gasteiger partial charge in [-0.2, -0.15) is 0 Å². The lowest BCUT2D eigenvalue weighted by atomic mass is 10.1. The van der Waals surface area contributed by atoms with Crippen molar-refractivity contribution >= 4 is 0 Å². The van der Waals surface area contributed by atoms with Gasteiger partial charge in [0.15, 0.2) is 0 Å². The average Bonchev–Trinajstić information content (AvgIpc) is 2.43. The van der Waals surface area contributed by atoms with Crippen LogP contribution < -0.4 is 11.0 Å². The van der Waals surface area contributed by atoms with E-state index >= 15 is 0 Å². The van der Waals surface area contributed by atoms with Crippen molar-refractivity contribution in [3.05, 3.63) is 21.9 Å². The van der Waals surface area contributed by atoms with Gasteiger partial charge in [0.1, 0.15) is 0 Å². The van der Waals surface area contributed by atoms with Crippen LogP contribution in [0.2, 0.25) is 0 Å². The van der Waals surface area contributed by atoms with Crippen LogP contribution in [0.1, 0.15) is 30.3 Å². The van der Waals surface area contributed by atoms with E-state index in [-0.39, 0.29) is 5.69 Å². The second-order valence-corrected chi connectivity index (χ2v) is 4.01. The minimum Gasteiger partial charge on any atom is -0.315 e. The third-order valence-corrected chi connectivity index (χ3v) is 3.05. The molecule has 1 saturated heterocycles. The first kappa shape index (κ1) is 9.52. The molecule has 1 aromatic rings. The Morgan fingerprint density at radius 3 is 2.71 bits per heavy atom. The predicted molar refractivity (Wildman–Crippen MR) is 55.7 cm³/mol. The van der Waals surface area contributed by atoms with Crippen molar-refractivity contribution in [2.45, 2.75) is 32.7 Å². The first-order valence-electron chi connectivity index (χ1n) is 5.18. The topological polar surface area (TPSA) is 49.8 Å². The fourth-order valence-electron chi connectivity index (χ4n) is 2.14.